The van der Waals surface area contributed by atoms with Crippen LogP contribution < -0.4 is 0 Å². The van der Waals surface area contributed by atoms with Gasteiger partial charge in [-0.15, -0.1) is 0 Å². The highest BCUT2D eigenvalue weighted by atomic mass is 14.5. The second-order valence-electron chi connectivity index (χ2n) is 18.3. The lowest BCUT2D eigenvalue weighted by Gasteiger charge is -2.34. The van der Waals surface area contributed by atoms with Crippen molar-refractivity contribution >= 4 is 32.3 Å². The number of rotatable bonds is 5. The summed E-state index contributed by atoms with van der Waals surface area (Å²) in [6.07, 6.45) is 0. The Morgan fingerprint density at radius 3 is 1.48 bits per heavy atom. The van der Waals surface area contributed by atoms with Gasteiger partial charge in [0.15, 0.2) is 0 Å². The van der Waals surface area contributed by atoms with Crippen molar-refractivity contribution in [2.24, 2.45) is 0 Å². The second kappa shape index (κ2) is 13.9. The molecule has 2 aliphatic rings. The molecule has 300 valence electrons. The second-order valence-corrected chi connectivity index (χ2v) is 18.3. The van der Waals surface area contributed by atoms with E-state index in [0.29, 0.717) is 0 Å². The zero-order chi connectivity index (χ0) is 42.6. The third kappa shape index (κ3) is 5.11. The van der Waals surface area contributed by atoms with Crippen LogP contribution in [0.25, 0.3) is 88.0 Å². The molecule has 0 heterocycles. The largest absolute Gasteiger partial charge is 0.0713 e. The smallest absolute Gasteiger partial charge is 0.0622 e. The van der Waals surface area contributed by atoms with E-state index in [9.17, 15) is 0 Å². The van der Waals surface area contributed by atoms with Crippen molar-refractivity contribution in [1.29, 1.82) is 0 Å². The van der Waals surface area contributed by atoms with E-state index in [1.165, 1.54) is 121 Å². The van der Waals surface area contributed by atoms with Crippen LogP contribution in [-0.4, -0.2) is 0 Å². The van der Waals surface area contributed by atoms with E-state index < -0.39 is 5.41 Å². The normalized spacial score (nSPS) is 14.0. The Morgan fingerprint density at radius 1 is 0.266 bits per heavy atom. The molecule has 0 heteroatoms. The molecule has 2 aliphatic carbocycles. The van der Waals surface area contributed by atoms with Crippen LogP contribution in [0.2, 0.25) is 0 Å². The molecule has 0 aromatic heterocycles. The number of hydrogen-bond acceptors (Lipinski definition) is 0. The van der Waals surface area contributed by atoms with Crippen LogP contribution in [0.4, 0.5) is 0 Å². The van der Waals surface area contributed by atoms with E-state index in [-0.39, 0.29) is 5.41 Å². The van der Waals surface area contributed by atoms with E-state index in [4.69, 9.17) is 0 Å². The van der Waals surface area contributed by atoms with Crippen LogP contribution >= 0.6 is 0 Å². The van der Waals surface area contributed by atoms with Gasteiger partial charge in [0.1, 0.15) is 0 Å². The molecule has 0 nitrogen and oxygen atoms in total. The maximum absolute atomic E-state index is 2.53. The molecule has 0 N–H and O–H groups in total. The minimum absolute atomic E-state index is 0.0675. The van der Waals surface area contributed by atoms with Gasteiger partial charge in [0, 0.05) is 5.41 Å². The molecule has 0 unspecified atom stereocenters. The zero-order valence-corrected chi connectivity index (χ0v) is 35.9. The van der Waals surface area contributed by atoms with E-state index in [1.807, 2.05) is 0 Å². The van der Waals surface area contributed by atoms with Crippen molar-refractivity contribution < 1.29 is 0 Å². The highest BCUT2D eigenvalue weighted by Gasteiger charge is 2.46. The monoisotopic (exact) mass is 812 g/mol. The van der Waals surface area contributed by atoms with Gasteiger partial charge in [-0.05, 0) is 140 Å². The summed E-state index contributed by atoms with van der Waals surface area (Å²) in [6.45, 7) is 4.74. The maximum atomic E-state index is 2.53. The van der Waals surface area contributed by atoms with Gasteiger partial charge in [0.25, 0.3) is 0 Å². The van der Waals surface area contributed by atoms with E-state index >= 15 is 0 Å². The standard InChI is InChI=1S/C64H44/c1-63(2)57-30-15-13-26-50(57)55-39-43(34-37-58(55)63)62-53-28-12-11-27-52(53)61(54-36-32-42(38-56(54)62)48-29-17-19-41-18-9-10-24-47(41)48)44-33-35-51-49-25-14-16-31-59(49)64(60(51)40-44,45-20-5-3-6-21-45)46-22-7-4-8-23-46/h3-40H,1-2H3. The first kappa shape index (κ1) is 36.8. The molecule has 0 amide bonds. The summed E-state index contributed by atoms with van der Waals surface area (Å²) in [4.78, 5) is 0. The first-order valence-corrected chi connectivity index (χ1v) is 22.6. The average Bonchev–Trinajstić information content (AvgIpc) is 3.78. The van der Waals surface area contributed by atoms with E-state index in [1.54, 1.807) is 0 Å². The van der Waals surface area contributed by atoms with Gasteiger partial charge in [-0.3, -0.25) is 0 Å². The zero-order valence-electron chi connectivity index (χ0n) is 35.9. The summed E-state index contributed by atoms with van der Waals surface area (Å²) in [5.41, 5.74) is 20.1. The number of hydrogen-bond donors (Lipinski definition) is 0. The number of fused-ring (bicyclic) bond motifs is 9. The van der Waals surface area contributed by atoms with Crippen LogP contribution in [0.3, 0.4) is 0 Å². The predicted octanol–water partition coefficient (Wildman–Crippen LogP) is 16.8. The molecule has 0 radical (unpaired) electrons. The summed E-state index contributed by atoms with van der Waals surface area (Å²) < 4.78 is 0. The fraction of sp³-hybridized carbons (Fsp3) is 0.0625. The summed E-state index contributed by atoms with van der Waals surface area (Å²) in [7, 11) is 0. The topological polar surface area (TPSA) is 0 Å². The minimum Gasteiger partial charge on any atom is -0.0622 e. The van der Waals surface area contributed by atoms with Gasteiger partial charge in [-0.2, -0.15) is 0 Å². The molecule has 11 aromatic carbocycles. The van der Waals surface area contributed by atoms with Crippen molar-refractivity contribution in [3.8, 4) is 55.6 Å². The lowest BCUT2D eigenvalue weighted by Crippen LogP contribution is -2.28. The van der Waals surface area contributed by atoms with Crippen LogP contribution in [0.1, 0.15) is 47.2 Å². The molecule has 0 spiro atoms. The van der Waals surface area contributed by atoms with Gasteiger partial charge in [0.2, 0.25) is 0 Å². The van der Waals surface area contributed by atoms with Gasteiger partial charge in [0.05, 0.1) is 5.41 Å². The molecular weight excluding hydrogens is 769 g/mol. The Labute approximate surface area is 374 Å². The molecule has 11 aromatic rings. The first-order valence-electron chi connectivity index (χ1n) is 22.6. The van der Waals surface area contributed by atoms with Crippen molar-refractivity contribution in [3.63, 3.8) is 0 Å². The first-order chi connectivity index (χ1) is 31.5. The van der Waals surface area contributed by atoms with Gasteiger partial charge in [-0.1, -0.05) is 226 Å². The maximum Gasteiger partial charge on any atom is 0.0713 e. The molecule has 0 aliphatic heterocycles. The summed E-state index contributed by atoms with van der Waals surface area (Å²) in [5.74, 6) is 0. The van der Waals surface area contributed by atoms with Crippen LogP contribution in [-0.2, 0) is 10.8 Å². The Balaban J connectivity index is 1.13. The molecule has 0 saturated heterocycles. The summed E-state index contributed by atoms with van der Waals surface area (Å²) in [5, 5.41) is 7.53. The van der Waals surface area contributed by atoms with E-state index in [2.05, 4.69) is 244 Å². The molecule has 0 bridgehead atoms. The van der Waals surface area contributed by atoms with Gasteiger partial charge >= 0.3 is 0 Å². The van der Waals surface area contributed by atoms with Gasteiger partial charge in [-0.25, -0.2) is 0 Å². The van der Waals surface area contributed by atoms with E-state index in [0.717, 1.165) is 0 Å². The minimum atomic E-state index is -0.494. The number of benzene rings is 11. The molecule has 0 atom stereocenters. The van der Waals surface area contributed by atoms with Gasteiger partial charge < -0.3 is 0 Å². The molecule has 64 heavy (non-hydrogen) atoms. The van der Waals surface area contributed by atoms with Crippen LogP contribution in [0.5, 0.6) is 0 Å². The van der Waals surface area contributed by atoms with Crippen molar-refractivity contribution in [2.45, 2.75) is 24.7 Å². The highest BCUT2D eigenvalue weighted by Crippen LogP contribution is 2.58. The van der Waals surface area contributed by atoms with Crippen LogP contribution in [0, 0.1) is 0 Å². The molecule has 0 saturated carbocycles. The fourth-order valence-electron chi connectivity index (χ4n) is 11.9. The fourth-order valence-corrected chi connectivity index (χ4v) is 11.9. The Morgan fingerprint density at radius 2 is 0.750 bits per heavy atom. The molecular formula is C64H44. The quantitative estimate of drug-likeness (QED) is 0.152. The predicted molar refractivity (Wildman–Crippen MR) is 270 cm³/mol. The van der Waals surface area contributed by atoms with Crippen molar-refractivity contribution in [2.75, 3.05) is 0 Å². The summed E-state index contributed by atoms with van der Waals surface area (Å²) in [6, 6.07) is 86.8. The molecule has 0 fully saturated rings. The SMILES string of the molecule is CC1(C)c2ccccc2-c2cc(-c3c4ccccc4c(-c4ccc5c(c4)C(c4ccccc4)(c4ccccc4)c4ccccc4-5)c4ccc(-c5cccc6ccccc56)cc34)ccc21. The third-order valence-electron chi connectivity index (χ3n) is 14.7. The lowest BCUT2D eigenvalue weighted by molar-refractivity contribution is 0.660. The Kier molecular flexibility index (Phi) is 7.97. The highest BCUT2D eigenvalue weighted by molar-refractivity contribution is 6.22. The summed E-state index contributed by atoms with van der Waals surface area (Å²) >= 11 is 0. The van der Waals surface area contributed by atoms with Crippen molar-refractivity contribution in [1.82, 2.24) is 0 Å². The van der Waals surface area contributed by atoms with Crippen LogP contribution in [0.15, 0.2) is 231 Å². The Hall–Kier alpha value is -7.80. The average molecular weight is 813 g/mol. The van der Waals surface area contributed by atoms with Crippen molar-refractivity contribution in [3.05, 3.63) is 264 Å². The Bertz CT molecular complexity index is 3640. The third-order valence-corrected chi connectivity index (χ3v) is 14.7. The molecule has 13 rings (SSSR count). The lowest BCUT2D eigenvalue weighted by atomic mass is 9.67.